The van der Waals surface area contributed by atoms with Crippen LogP contribution in [-0.4, -0.2) is 61.8 Å². The smallest absolute Gasteiger partial charge is 0.223 e. The molecule has 2 unspecified atom stereocenters. The molecule has 0 aromatic carbocycles. The molecule has 5 heteroatoms. The van der Waals surface area contributed by atoms with Crippen LogP contribution < -0.4 is 10.6 Å². The van der Waals surface area contributed by atoms with Crippen LogP contribution in [0.25, 0.3) is 0 Å². The van der Waals surface area contributed by atoms with Crippen molar-refractivity contribution in [3.63, 3.8) is 0 Å². The third-order valence-electron chi connectivity index (χ3n) is 4.41. The monoisotopic (exact) mass is 269 g/mol. The normalized spacial score (nSPS) is 28.2. The lowest BCUT2D eigenvalue weighted by Crippen LogP contribution is -2.47. The SMILES string of the molecule is CN(C)CC(C)(O)CNC(=O)C1CC12CCNCC2. The zero-order chi connectivity index (χ0) is 14.1. The molecule has 0 aromatic rings. The van der Waals surface area contributed by atoms with E-state index in [2.05, 4.69) is 10.6 Å². The largest absolute Gasteiger partial charge is 0.387 e. The van der Waals surface area contributed by atoms with Gasteiger partial charge in [-0.2, -0.15) is 0 Å². The van der Waals surface area contributed by atoms with Crippen LogP contribution in [-0.2, 0) is 4.79 Å². The van der Waals surface area contributed by atoms with Gasteiger partial charge in [0.15, 0.2) is 0 Å². The van der Waals surface area contributed by atoms with Gasteiger partial charge in [0.25, 0.3) is 0 Å². The molecule has 3 N–H and O–H groups in total. The Kier molecular flexibility index (Phi) is 4.18. The number of carbonyl (C=O) groups is 1. The summed E-state index contributed by atoms with van der Waals surface area (Å²) in [6, 6.07) is 0. The first-order chi connectivity index (χ1) is 8.85. The van der Waals surface area contributed by atoms with Gasteiger partial charge in [0, 0.05) is 19.0 Å². The maximum Gasteiger partial charge on any atom is 0.223 e. The molecular formula is C14H27N3O2. The van der Waals surface area contributed by atoms with Gasteiger partial charge in [-0.15, -0.1) is 0 Å². The van der Waals surface area contributed by atoms with E-state index in [1.165, 1.54) is 0 Å². The lowest BCUT2D eigenvalue weighted by atomic mass is 9.91. The summed E-state index contributed by atoms with van der Waals surface area (Å²) in [6.07, 6.45) is 3.24. The topological polar surface area (TPSA) is 64.6 Å². The fourth-order valence-corrected chi connectivity index (χ4v) is 3.33. The Morgan fingerprint density at radius 2 is 2.11 bits per heavy atom. The third kappa shape index (κ3) is 3.68. The van der Waals surface area contributed by atoms with Gasteiger partial charge < -0.3 is 20.6 Å². The molecule has 110 valence electrons. The molecule has 2 atom stereocenters. The number of nitrogens with zero attached hydrogens (tertiary/aromatic N) is 1. The van der Waals surface area contributed by atoms with Crippen LogP contribution >= 0.6 is 0 Å². The number of piperidine rings is 1. The number of amides is 1. The minimum atomic E-state index is -0.866. The van der Waals surface area contributed by atoms with E-state index in [9.17, 15) is 9.90 Å². The Balaban J connectivity index is 1.77. The van der Waals surface area contributed by atoms with Gasteiger partial charge >= 0.3 is 0 Å². The minimum absolute atomic E-state index is 0.126. The van der Waals surface area contributed by atoms with Crippen LogP contribution in [0.4, 0.5) is 0 Å². The molecule has 0 radical (unpaired) electrons. The van der Waals surface area contributed by atoms with Gasteiger partial charge in [0.2, 0.25) is 5.91 Å². The van der Waals surface area contributed by atoms with Crippen molar-refractivity contribution in [3.8, 4) is 0 Å². The minimum Gasteiger partial charge on any atom is -0.387 e. The van der Waals surface area contributed by atoms with Crippen LogP contribution in [0.15, 0.2) is 0 Å². The van der Waals surface area contributed by atoms with E-state index in [0.717, 1.165) is 32.4 Å². The van der Waals surface area contributed by atoms with Gasteiger partial charge in [-0.3, -0.25) is 4.79 Å². The van der Waals surface area contributed by atoms with E-state index in [4.69, 9.17) is 0 Å². The molecule has 1 saturated carbocycles. The Morgan fingerprint density at radius 1 is 1.47 bits per heavy atom. The molecule has 2 rings (SSSR count). The van der Waals surface area contributed by atoms with E-state index in [0.29, 0.717) is 13.1 Å². The second-order valence-electron chi connectivity index (χ2n) is 6.82. The highest BCUT2D eigenvalue weighted by Crippen LogP contribution is 2.58. The van der Waals surface area contributed by atoms with Crippen molar-refractivity contribution in [1.82, 2.24) is 15.5 Å². The summed E-state index contributed by atoms with van der Waals surface area (Å²) in [6.45, 7) is 4.70. The number of aliphatic hydroxyl groups is 1. The molecular weight excluding hydrogens is 242 g/mol. The summed E-state index contributed by atoms with van der Waals surface area (Å²) in [5, 5.41) is 16.4. The summed E-state index contributed by atoms with van der Waals surface area (Å²) >= 11 is 0. The predicted octanol–water partition coefficient (Wildman–Crippen LogP) is -0.195. The van der Waals surface area contributed by atoms with E-state index in [1.807, 2.05) is 19.0 Å². The van der Waals surface area contributed by atoms with Crippen LogP contribution in [0.1, 0.15) is 26.2 Å². The van der Waals surface area contributed by atoms with Crippen LogP contribution in [0.3, 0.4) is 0 Å². The Hall–Kier alpha value is -0.650. The molecule has 19 heavy (non-hydrogen) atoms. The van der Waals surface area contributed by atoms with Crippen molar-refractivity contribution in [1.29, 1.82) is 0 Å². The molecule has 1 heterocycles. The van der Waals surface area contributed by atoms with Crippen LogP contribution in [0.5, 0.6) is 0 Å². The highest BCUT2D eigenvalue weighted by Gasteiger charge is 2.57. The number of likely N-dealkylation sites (N-methyl/N-ethyl adjacent to an activating group) is 1. The molecule has 1 aliphatic heterocycles. The maximum atomic E-state index is 12.2. The van der Waals surface area contributed by atoms with Crippen molar-refractivity contribution in [2.45, 2.75) is 31.8 Å². The van der Waals surface area contributed by atoms with Crippen molar-refractivity contribution in [2.24, 2.45) is 11.3 Å². The van der Waals surface area contributed by atoms with Gasteiger partial charge in [0.1, 0.15) is 0 Å². The van der Waals surface area contributed by atoms with Crippen molar-refractivity contribution in [2.75, 3.05) is 40.3 Å². The highest BCUT2D eigenvalue weighted by molar-refractivity contribution is 5.82. The number of rotatable bonds is 5. The second kappa shape index (κ2) is 5.38. The Labute approximate surface area is 115 Å². The predicted molar refractivity (Wildman–Crippen MR) is 74.8 cm³/mol. The first-order valence-electron chi connectivity index (χ1n) is 7.20. The molecule has 5 nitrogen and oxygen atoms in total. The van der Waals surface area contributed by atoms with Gasteiger partial charge in [-0.1, -0.05) is 0 Å². The standard InChI is InChI=1S/C14H27N3O2/c1-13(19,10-17(2)3)9-16-12(18)11-8-14(11)4-6-15-7-5-14/h11,15,19H,4-10H2,1-3H3,(H,16,18). The zero-order valence-corrected chi connectivity index (χ0v) is 12.3. The van der Waals surface area contributed by atoms with Crippen LogP contribution in [0.2, 0.25) is 0 Å². The molecule has 2 fully saturated rings. The van der Waals surface area contributed by atoms with Crippen molar-refractivity contribution >= 4 is 5.91 Å². The van der Waals surface area contributed by atoms with E-state index in [1.54, 1.807) is 6.92 Å². The number of hydrogen-bond donors (Lipinski definition) is 3. The number of carbonyl (C=O) groups excluding carboxylic acids is 1. The maximum absolute atomic E-state index is 12.2. The second-order valence-corrected chi connectivity index (χ2v) is 6.82. The van der Waals surface area contributed by atoms with Gasteiger partial charge in [-0.25, -0.2) is 0 Å². The molecule has 2 aliphatic rings. The molecule has 1 saturated heterocycles. The Morgan fingerprint density at radius 3 is 2.68 bits per heavy atom. The van der Waals surface area contributed by atoms with Crippen LogP contribution in [0, 0.1) is 11.3 Å². The molecule has 1 aliphatic carbocycles. The lowest BCUT2D eigenvalue weighted by molar-refractivity contribution is -0.124. The fraction of sp³-hybridized carbons (Fsp3) is 0.929. The Bertz CT molecular complexity index is 336. The molecule has 1 amide bonds. The zero-order valence-electron chi connectivity index (χ0n) is 12.3. The summed E-state index contributed by atoms with van der Waals surface area (Å²) in [5.74, 6) is 0.297. The van der Waals surface area contributed by atoms with E-state index >= 15 is 0 Å². The average Bonchev–Trinajstić information content (AvgIpc) is 2.99. The van der Waals surface area contributed by atoms with Crippen molar-refractivity contribution < 1.29 is 9.90 Å². The van der Waals surface area contributed by atoms with Gasteiger partial charge in [-0.05, 0) is 58.8 Å². The van der Waals surface area contributed by atoms with Crippen molar-refractivity contribution in [3.05, 3.63) is 0 Å². The lowest BCUT2D eigenvalue weighted by Gasteiger charge is -2.27. The highest BCUT2D eigenvalue weighted by atomic mass is 16.3. The van der Waals surface area contributed by atoms with E-state index < -0.39 is 5.60 Å². The number of nitrogens with one attached hydrogen (secondary N) is 2. The average molecular weight is 269 g/mol. The van der Waals surface area contributed by atoms with E-state index in [-0.39, 0.29) is 17.2 Å². The summed E-state index contributed by atoms with van der Waals surface area (Å²) in [7, 11) is 3.84. The summed E-state index contributed by atoms with van der Waals surface area (Å²) in [4.78, 5) is 14.1. The molecule has 1 spiro atoms. The molecule has 0 aromatic heterocycles. The third-order valence-corrected chi connectivity index (χ3v) is 4.41. The number of hydrogen-bond acceptors (Lipinski definition) is 4. The quantitative estimate of drug-likeness (QED) is 0.647. The fourth-order valence-electron chi connectivity index (χ4n) is 3.33. The first-order valence-corrected chi connectivity index (χ1v) is 7.20. The first kappa shape index (κ1) is 14.8. The summed E-state index contributed by atoms with van der Waals surface area (Å²) in [5.41, 5.74) is -0.599. The summed E-state index contributed by atoms with van der Waals surface area (Å²) < 4.78 is 0. The molecule has 0 bridgehead atoms. The van der Waals surface area contributed by atoms with Gasteiger partial charge in [0.05, 0.1) is 5.60 Å².